The third kappa shape index (κ3) is 3.02. The number of amides is 2. The summed E-state index contributed by atoms with van der Waals surface area (Å²) < 4.78 is 39.5. The minimum Gasteiger partial charge on any atom is -0.295 e. The van der Waals surface area contributed by atoms with Gasteiger partial charge < -0.3 is 0 Å². The number of carbonyl (C=O) groups excluding carboxylic acids is 2. The Balaban J connectivity index is 2.23. The van der Waals surface area contributed by atoms with Gasteiger partial charge in [0, 0.05) is 6.42 Å². The molecule has 0 aromatic heterocycles. The van der Waals surface area contributed by atoms with E-state index in [1.165, 1.54) is 6.92 Å². The highest BCUT2D eigenvalue weighted by atomic mass is 32.2. The molecule has 108 valence electrons. The Morgan fingerprint density at radius 1 is 1.35 bits per heavy atom. The molecule has 0 aliphatic carbocycles. The Morgan fingerprint density at radius 3 is 2.65 bits per heavy atom. The van der Waals surface area contributed by atoms with Crippen LogP contribution >= 0.6 is 0 Å². The van der Waals surface area contributed by atoms with Gasteiger partial charge in [0.2, 0.25) is 21.8 Å². The number of sulfonamides is 1. The topological polar surface area (TPSA) is 92.3 Å². The van der Waals surface area contributed by atoms with Gasteiger partial charge in [0.1, 0.15) is 11.9 Å². The first-order chi connectivity index (χ1) is 9.29. The molecule has 1 heterocycles. The molecule has 1 unspecified atom stereocenters. The van der Waals surface area contributed by atoms with Gasteiger partial charge in [-0.3, -0.25) is 14.9 Å². The van der Waals surface area contributed by atoms with Gasteiger partial charge in [-0.25, -0.2) is 12.8 Å². The number of imide groups is 1. The van der Waals surface area contributed by atoms with E-state index < -0.39 is 33.7 Å². The van der Waals surface area contributed by atoms with E-state index in [4.69, 9.17) is 0 Å². The summed E-state index contributed by atoms with van der Waals surface area (Å²) >= 11 is 0. The van der Waals surface area contributed by atoms with Crippen molar-refractivity contribution < 1.29 is 22.4 Å². The summed E-state index contributed by atoms with van der Waals surface area (Å²) in [6, 6.07) is 2.27. The second-order valence-electron chi connectivity index (χ2n) is 4.53. The van der Waals surface area contributed by atoms with Crippen LogP contribution in [0.3, 0.4) is 0 Å². The average molecular weight is 300 g/mol. The summed E-state index contributed by atoms with van der Waals surface area (Å²) in [5.74, 6) is -1.64. The maximum absolute atomic E-state index is 13.0. The quantitative estimate of drug-likeness (QED) is 0.781. The second-order valence-corrected chi connectivity index (χ2v) is 6.22. The molecule has 0 bridgehead atoms. The van der Waals surface area contributed by atoms with Gasteiger partial charge in [-0.2, -0.15) is 4.72 Å². The van der Waals surface area contributed by atoms with Crippen LogP contribution < -0.4 is 10.0 Å². The van der Waals surface area contributed by atoms with Crippen molar-refractivity contribution in [2.75, 3.05) is 0 Å². The third-order valence-corrected chi connectivity index (χ3v) is 4.59. The predicted molar refractivity (Wildman–Crippen MR) is 67.6 cm³/mol. The maximum Gasteiger partial charge on any atom is 0.244 e. The molecule has 2 rings (SSSR count). The first-order valence-electron chi connectivity index (χ1n) is 5.92. The van der Waals surface area contributed by atoms with Crippen molar-refractivity contribution in [3.63, 3.8) is 0 Å². The van der Waals surface area contributed by atoms with Gasteiger partial charge in [0.25, 0.3) is 0 Å². The van der Waals surface area contributed by atoms with E-state index in [2.05, 4.69) is 10.0 Å². The molecule has 1 atom stereocenters. The van der Waals surface area contributed by atoms with Gasteiger partial charge in [0.05, 0.1) is 4.90 Å². The number of nitrogens with one attached hydrogen (secondary N) is 2. The molecule has 0 saturated carbocycles. The molecule has 0 spiro atoms. The van der Waals surface area contributed by atoms with E-state index in [9.17, 15) is 22.4 Å². The predicted octanol–water partition coefficient (Wildman–Crippen LogP) is 0.218. The monoisotopic (exact) mass is 300 g/mol. The molecule has 0 radical (unpaired) electrons. The van der Waals surface area contributed by atoms with Crippen LogP contribution in [0.2, 0.25) is 0 Å². The average Bonchev–Trinajstić information content (AvgIpc) is 2.32. The number of hydrogen-bond acceptors (Lipinski definition) is 4. The Bertz CT molecular complexity index is 672. The number of rotatable bonds is 3. The van der Waals surface area contributed by atoms with Crippen LogP contribution in [0, 0.1) is 12.7 Å². The van der Waals surface area contributed by atoms with Crippen LogP contribution in [0.15, 0.2) is 23.1 Å². The van der Waals surface area contributed by atoms with E-state index in [1.807, 2.05) is 0 Å². The highest BCUT2D eigenvalue weighted by Crippen LogP contribution is 2.17. The summed E-state index contributed by atoms with van der Waals surface area (Å²) in [6.07, 6.45) is 0.172. The van der Waals surface area contributed by atoms with Crippen molar-refractivity contribution in [3.8, 4) is 0 Å². The van der Waals surface area contributed by atoms with Crippen LogP contribution in [0.5, 0.6) is 0 Å². The third-order valence-electron chi connectivity index (χ3n) is 2.96. The zero-order valence-electron chi connectivity index (χ0n) is 10.6. The molecule has 2 amide bonds. The number of piperidine rings is 1. The molecule has 6 nitrogen and oxygen atoms in total. The fourth-order valence-electron chi connectivity index (χ4n) is 1.97. The van der Waals surface area contributed by atoms with Crippen molar-refractivity contribution >= 4 is 21.8 Å². The molecule has 1 aromatic carbocycles. The molecule has 20 heavy (non-hydrogen) atoms. The normalized spacial score (nSPS) is 19.8. The molecule has 1 aliphatic rings. The Morgan fingerprint density at radius 2 is 2.05 bits per heavy atom. The van der Waals surface area contributed by atoms with E-state index in [0.717, 1.165) is 18.2 Å². The fourth-order valence-corrected chi connectivity index (χ4v) is 3.43. The molecule has 1 aliphatic heterocycles. The fraction of sp³-hybridized carbons (Fsp3) is 0.333. The van der Waals surface area contributed by atoms with Gasteiger partial charge in [-0.05, 0) is 37.1 Å². The lowest BCUT2D eigenvalue weighted by atomic mass is 10.1. The largest absolute Gasteiger partial charge is 0.295 e. The van der Waals surface area contributed by atoms with Crippen molar-refractivity contribution in [2.24, 2.45) is 0 Å². The highest BCUT2D eigenvalue weighted by molar-refractivity contribution is 7.89. The molecule has 8 heteroatoms. The standard InChI is InChI=1S/C12H13FN2O4S/c1-7-6-8(13)2-4-10(7)20(18,19)15-9-3-5-11(16)14-12(9)17/h2,4,6,9,15H,3,5H2,1H3,(H,14,16,17). The van der Waals surface area contributed by atoms with Crippen LogP contribution in [0.1, 0.15) is 18.4 Å². The zero-order valence-corrected chi connectivity index (χ0v) is 11.5. The number of hydrogen-bond donors (Lipinski definition) is 2. The van der Waals surface area contributed by atoms with Gasteiger partial charge in [-0.1, -0.05) is 0 Å². The van der Waals surface area contributed by atoms with E-state index in [-0.39, 0.29) is 23.3 Å². The SMILES string of the molecule is Cc1cc(F)ccc1S(=O)(=O)NC1CCC(=O)NC1=O. The van der Waals surface area contributed by atoms with Gasteiger partial charge in [-0.15, -0.1) is 0 Å². The summed E-state index contributed by atoms with van der Waals surface area (Å²) in [4.78, 5) is 22.4. The van der Waals surface area contributed by atoms with Gasteiger partial charge >= 0.3 is 0 Å². The first-order valence-corrected chi connectivity index (χ1v) is 7.40. The Kier molecular flexibility index (Phi) is 3.87. The lowest BCUT2D eigenvalue weighted by Crippen LogP contribution is -2.52. The Labute approximate surface area is 115 Å². The number of halogens is 1. The first kappa shape index (κ1) is 14.6. The summed E-state index contributed by atoms with van der Waals surface area (Å²) in [5, 5.41) is 2.06. The maximum atomic E-state index is 13.0. The molecule has 1 saturated heterocycles. The van der Waals surface area contributed by atoms with Crippen LogP contribution in [0.4, 0.5) is 4.39 Å². The smallest absolute Gasteiger partial charge is 0.244 e. The molecular formula is C12H13FN2O4S. The number of aryl methyl sites for hydroxylation is 1. The van der Waals surface area contributed by atoms with Crippen LogP contribution in [-0.2, 0) is 19.6 Å². The van der Waals surface area contributed by atoms with Crippen molar-refractivity contribution in [1.82, 2.24) is 10.0 Å². The highest BCUT2D eigenvalue weighted by Gasteiger charge is 2.31. The lowest BCUT2D eigenvalue weighted by Gasteiger charge is -2.22. The summed E-state index contributed by atoms with van der Waals surface area (Å²) in [6.45, 7) is 1.46. The van der Waals surface area contributed by atoms with E-state index in [0.29, 0.717) is 0 Å². The Hall–Kier alpha value is -1.80. The minimum atomic E-state index is -3.95. The molecular weight excluding hydrogens is 287 g/mol. The van der Waals surface area contributed by atoms with Gasteiger partial charge in [0.15, 0.2) is 0 Å². The van der Waals surface area contributed by atoms with E-state index in [1.54, 1.807) is 0 Å². The number of carbonyl (C=O) groups is 2. The van der Waals surface area contributed by atoms with Crippen LogP contribution in [0.25, 0.3) is 0 Å². The van der Waals surface area contributed by atoms with Crippen molar-refractivity contribution in [2.45, 2.75) is 30.7 Å². The summed E-state index contributed by atoms with van der Waals surface area (Å²) in [5.41, 5.74) is 0.241. The minimum absolute atomic E-state index is 0.0708. The summed E-state index contributed by atoms with van der Waals surface area (Å²) in [7, 11) is -3.95. The molecule has 2 N–H and O–H groups in total. The second kappa shape index (κ2) is 5.29. The number of benzene rings is 1. The molecule has 1 fully saturated rings. The molecule has 1 aromatic rings. The zero-order chi connectivity index (χ0) is 14.9. The van der Waals surface area contributed by atoms with Crippen molar-refractivity contribution in [1.29, 1.82) is 0 Å². The lowest BCUT2D eigenvalue weighted by molar-refractivity contribution is -0.134. The van der Waals surface area contributed by atoms with Crippen molar-refractivity contribution in [3.05, 3.63) is 29.6 Å². The van der Waals surface area contributed by atoms with Crippen LogP contribution in [-0.4, -0.2) is 26.3 Å². The van der Waals surface area contributed by atoms with E-state index >= 15 is 0 Å².